The second-order valence-electron chi connectivity index (χ2n) is 10.4. The molecule has 3 N–H and O–H groups in total. The molecule has 0 aliphatic carbocycles. The third kappa shape index (κ3) is 14.9. The van der Waals surface area contributed by atoms with Crippen LogP contribution in [0.4, 0.5) is 5.95 Å². The highest BCUT2D eigenvalue weighted by Crippen LogP contribution is 2.15. The fourth-order valence-electron chi connectivity index (χ4n) is 4.26. The van der Waals surface area contributed by atoms with E-state index in [1.165, 1.54) is 23.5 Å². The third-order valence-corrected chi connectivity index (χ3v) is 6.97. The molecule has 2 aromatic heterocycles. The number of benzene rings is 2. The average Bonchev–Trinajstić information content (AvgIpc) is 3.10. The predicted octanol–water partition coefficient (Wildman–Crippen LogP) is 6.22. The first-order chi connectivity index (χ1) is 23.6. The van der Waals surface area contributed by atoms with Crippen molar-refractivity contribution in [1.82, 2.24) is 19.9 Å². The van der Waals surface area contributed by atoms with Crippen molar-refractivity contribution in [2.45, 2.75) is 53.4 Å². The van der Waals surface area contributed by atoms with Gasteiger partial charge in [0.1, 0.15) is 11.5 Å². The van der Waals surface area contributed by atoms with Crippen LogP contribution in [0.25, 0.3) is 0 Å². The van der Waals surface area contributed by atoms with Gasteiger partial charge in [0.15, 0.2) is 0 Å². The molecule has 49 heavy (non-hydrogen) atoms. The quantitative estimate of drug-likeness (QED) is 0.0873. The number of hydrogen-bond acceptors (Lipinski definition) is 12. The van der Waals surface area contributed by atoms with Crippen LogP contribution in [0.1, 0.15) is 69.9 Å². The zero-order chi connectivity index (χ0) is 36.0. The van der Waals surface area contributed by atoms with Crippen molar-refractivity contribution in [3.8, 4) is 11.5 Å². The Bertz CT molecular complexity index is 1610. The summed E-state index contributed by atoms with van der Waals surface area (Å²) in [5.74, 6) is 1.50. The normalized spacial score (nSPS) is 10.0. The second kappa shape index (κ2) is 22.7. The molecule has 0 fully saturated rings. The van der Waals surface area contributed by atoms with Crippen molar-refractivity contribution in [3.63, 3.8) is 0 Å². The van der Waals surface area contributed by atoms with E-state index in [1.807, 2.05) is 30.3 Å². The van der Waals surface area contributed by atoms with Crippen molar-refractivity contribution in [2.75, 3.05) is 45.8 Å². The van der Waals surface area contributed by atoms with E-state index in [1.54, 1.807) is 41.9 Å². The molecule has 2 heterocycles. The van der Waals surface area contributed by atoms with E-state index >= 15 is 0 Å². The summed E-state index contributed by atoms with van der Waals surface area (Å²) >= 11 is 5.52. The summed E-state index contributed by atoms with van der Waals surface area (Å²) in [7, 11) is 3.35. The minimum Gasteiger partial charge on any atom is -0.497 e. The molecule has 0 saturated carbocycles. The number of rotatable bonds is 14. The van der Waals surface area contributed by atoms with E-state index in [-0.39, 0.29) is 11.3 Å². The molecule has 2 aromatic carbocycles. The van der Waals surface area contributed by atoms with Gasteiger partial charge in [-0.05, 0) is 107 Å². The molecule has 0 aliphatic heterocycles. The Hall–Kier alpha value is -4.81. The smallest absolute Gasteiger partial charge is 0.341 e. The number of hydrogen-bond donors (Lipinski definition) is 2. The molecular formula is C36H47ClN6O6. The molecule has 13 heteroatoms. The van der Waals surface area contributed by atoms with Crippen molar-refractivity contribution < 1.29 is 28.5 Å². The first kappa shape index (κ1) is 40.4. The number of halogens is 1. The molecule has 0 aliphatic rings. The molecule has 12 nitrogen and oxygen atoms in total. The van der Waals surface area contributed by atoms with Gasteiger partial charge in [-0.3, -0.25) is 0 Å². The van der Waals surface area contributed by atoms with Gasteiger partial charge in [0.25, 0.3) is 0 Å². The number of carbonyl (C=O) groups excluding carboxylic acids is 2. The van der Waals surface area contributed by atoms with Crippen molar-refractivity contribution in [3.05, 3.63) is 99.8 Å². The van der Waals surface area contributed by atoms with E-state index in [2.05, 4.69) is 43.5 Å². The lowest BCUT2D eigenvalue weighted by molar-refractivity contribution is 0.0514. The van der Waals surface area contributed by atoms with E-state index < -0.39 is 5.97 Å². The summed E-state index contributed by atoms with van der Waals surface area (Å²) in [4.78, 5) is 38.9. The highest BCUT2D eigenvalue weighted by atomic mass is 35.5. The largest absolute Gasteiger partial charge is 0.497 e. The Morgan fingerprint density at radius 3 is 1.76 bits per heavy atom. The fourth-order valence-corrected chi connectivity index (χ4v) is 4.44. The number of esters is 2. The molecule has 0 saturated heterocycles. The van der Waals surface area contributed by atoms with E-state index in [0.29, 0.717) is 41.7 Å². The summed E-state index contributed by atoms with van der Waals surface area (Å²) in [5, 5.41) is 3.31. The maximum Gasteiger partial charge on any atom is 0.341 e. The number of carbonyl (C=O) groups is 2. The maximum absolute atomic E-state index is 11.7. The Morgan fingerprint density at radius 1 is 0.776 bits per heavy atom. The number of nitrogens with one attached hydrogen (secondary N) is 1. The summed E-state index contributed by atoms with van der Waals surface area (Å²) < 4.78 is 20.1. The van der Waals surface area contributed by atoms with Crippen LogP contribution in [0.15, 0.2) is 60.9 Å². The lowest BCUT2D eigenvalue weighted by atomic mass is 10.1. The van der Waals surface area contributed by atoms with Gasteiger partial charge in [-0.15, -0.1) is 0 Å². The van der Waals surface area contributed by atoms with Gasteiger partial charge in [-0.2, -0.15) is 0 Å². The molecule has 0 radical (unpaired) electrons. The number of nitrogens with two attached hydrogens (primary N) is 1. The van der Waals surface area contributed by atoms with Crippen LogP contribution >= 0.6 is 11.6 Å². The number of nitrogens with zero attached hydrogens (tertiary/aromatic N) is 4. The average molecular weight is 695 g/mol. The van der Waals surface area contributed by atoms with Crippen LogP contribution in [0.5, 0.6) is 11.5 Å². The zero-order valence-electron chi connectivity index (χ0n) is 29.1. The fraction of sp³-hybridized carbons (Fsp3) is 0.389. The summed E-state index contributed by atoms with van der Waals surface area (Å²) in [6, 6.07) is 16.1. The summed E-state index contributed by atoms with van der Waals surface area (Å²) in [6.07, 6.45) is 6.81. The van der Waals surface area contributed by atoms with Crippen LogP contribution in [0, 0.1) is 13.8 Å². The van der Waals surface area contributed by atoms with Gasteiger partial charge < -0.3 is 30.0 Å². The minimum atomic E-state index is -0.420. The highest BCUT2D eigenvalue weighted by Gasteiger charge is 2.13. The minimum absolute atomic E-state index is 0.130. The Kier molecular flexibility index (Phi) is 18.7. The van der Waals surface area contributed by atoms with E-state index in [9.17, 15) is 9.59 Å². The Morgan fingerprint density at radius 2 is 1.29 bits per heavy atom. The molecule has 0 amide bonds. The zero-order valence-corrected chi connectivity index (χ0v) is 29.9. The first-order valence-electron chi connectivity index (χ1n) is 16.0. The number of aromatic nitrogens is 4. The molecule has 0 unspecified atom stereocenters. The van der Waals surface area contributed by atoms with Crippen LogP contribution in [-0.4, -0.2) is 72.4 Å². The van der Waals surface area contributed by atoms with Crippen LogP contribution < -0.4 is 20.5 Å². The Balaban J connectivity index is 0.000000281. The molecule has 0 bridgehead atoms. The van der Waals surface area contributed by atoms with Gasteiger partial charge in [-0.25, -0.2) is 29.5 Å². The topological polar surface area (TPSA) is 161 Å². The molecule has 4 rings (SSSR count). The first-order valence-corrected chi connectivity index (χ1v) is 16.4. The number of aryl methyl sites for hydroxylation is 4. The van der Waals surface area contributed by atoms with E-state index in [0.717, 1.165) is 50.3 Å². The van der Waals surface area contributed by atoms with E-state index in [4.69, 9.17) is 36.3 Å². The van der Waals surface area contributed by atoms with Crippen LogP contribution in [0.3, 0.4) is 0 Å². The number of ether oxygens (including phenoxy) is 4. The van der Waals surface area contributed by atoms with Crippen molar-refractivity contribution >= 4 is 29.5 Å². The Labute approximate surface area is 293 Å². The maximum atomic E-state index is 11.7. The van der Waals surface area contributed by atoms with Gasteiger partial charge in [0.2, 0.25) is 11.2 Å². The highest BCUT2D eigenvalue weighted by molar-refractivity contribution is 6.28. The number of methoxy groups -OCH3 is 2. The van der Waals surface area contributed by atoms with Crippen molar-refractivity contribution in [1.29, 1.82) is 0 Å². The lowest BCUT2D eigenvalue weighted by Crippen LogP contribution is -2.12. The second-order valence-corrected chi connectivity index (χ2v) is 10.7. The van der Waals surface area contributed by atoms with Gasteiger partial charge >= 0.3 is 11.9 Å². The van der Waals surface area contributed by atoms with Gasteiger partial charge in [0, 0.05) is 18.9 Å². The summed E-state index contributed by atoms with van der Waals surface area (Å²) in [5.41, 5.74) is 9.83. The monoisotopic (exact) mass is 694 g/mol. The lowest BCUT2D eigenvalue weighted by Gasteiger charge is -2.08. The standard InChI is InChI=1S/C18H23N3O3.C10H15NO.C8H9ClN2O2/c1-4-24-17(22)16-12-20-18(21-13(16)2)19-10-6-8-14-7-5-9-15(11-14)23-3;1-12-10-6-2-4-9(8-10)5-3-7-11;1-3-13-7(12)6-4-10-8(9)11-5(6)2/h5,7,9,11-12H,4,6,8,10H2,1-3H3,(H,19,20,21);2,4,6,8H,3,5,7,11H2,1H3;4H,3H2,1-2H3. The van der Waals surface area contributed by atoms with Gasteiger partial charge in [0.05, 0.1) is 49.9 Å². The molecule has 0 spiro atoms. The SMILES string of the molecule is CCOC(=O)c1cnc(Cl)nc1C.CCOC(=O)c1cnc(NCCCc2cccc(OC)c2)nc1C.COc1cccc(CCCN)c1. The molecule has 4 aromatic rings. The molecule has 0 atom stereocenters. The van der Waals surface area contributed by atoms with Crippen LogP contribution in [0.2, 0.25) is 5.28 Å². The predicted molar refractivity (Wildman–Crippen MR) is 191 cm³/mol. The van der Waals surface area contributed by atoms with Crippen molar-refractivity contribution in [2.24, 2.45) is 5.73 Å². The van der Waals surface area contributed by atoms with Gasteiger partial charge in [-0.1, -0.05) is 24.3 Å². The summed E-state index contributed by atoms with van der Waals surface area (Å²) in [6.45, 7) is 9.13. The van der Waals surface area contributed by atoms with Crippen LogP contribution in [-0.2, 0) is 22.3 Å². The number of anilines is 1. The third-order valence-electron chi connectivity index (χ3n) is 6.78. The molecule has 264 valence electrons. The molecular weight excluding hydrogens is 648 g/mol.